The maximum atomic E-state index is 10.4. The van der Waals surface area contributed by atoms with Crippen molar-refractivity contribution in [3.63, 3.8) is 0 Å². The number of hydrogen-bond acceptors (Lipinski definition) is 4. The van der Waals surface area contributed by atoms with Gasteiger partial charge in [0.25, 0.3) is 5.69 Å². The molecule has 1 unspecified atom stereocenters. The Labute approximate surface area is 97.2 Å². The maximum Gasteiger partial charge on any atom is 0.269 e. The van der Waals surface area contributed by atoms with Crippen molar-refractivity contribution >= 4 is 27.3 Å². The van der Waals surface area contributed by atoms with Crippen LogP contribution in [0.5, 0.6) is 0 Å². The summed E-state index contributed by atoms with van der Waals surface area (Å²) in [5.41, 5.74) is 0.146. The largest absolute Gasteiger partial charge is 0.269 e. The maximum absolute atomic E-state index is 10.4. The van der Waals surface area contributed by atoms with Crippen molar-refractivity contribution in [2.75, 3.05) is 0 Å². The van der Waals surface area contributed by atoms with Crippen LogP contribution in [0.3, 0.4) is 0 Å². The summed E-state index contributed by atoms with van der Waals surface area (Å²) < 4.78 is 0. The summed E-state index contributed by atoms with van der Waals surface area (Å²) in [6.07, 6.45) is 1.13. The fourth-order valence-electron chi connectivity index (χ4n) is 0.829. The first-order chi connectivity index (χ1) is 7.13. The van der Waals surface area contributed by atoms with Crippen molar-refractivity contribution in [1.29, 1.82) is 0 Å². The normalized spacial score (nSPS) is 12.4. The van der Waals surface area contributed by atoms with Crippen molar-refractivity contribution in [2.24, 2.45) is 0 Å². The summed E-state index contributed by atoms with van der Waals surface area (Å²) in [5, 5.41) is 11.0. The lowest BCUT2D eigenvalue weighted by Crippen LogP contribution is -1.89. The third-order valence-corrected chi connectivity index (χ3v) is 5.01. The van der Waals surface area contributed by atoms with Gasteiger partial charge in [0, 0.05) is 22.3 Å². The Kier molecular flexibility index (Phi) is 4.98. The van der Waals surface area contributed by atoms with E-state index in [2.05, 4.69) is 13.8 Å². The molecule has 82 valence electrons. The molecule has 0 N–H and O–H groups in total. The first kappa shape index (κ1) is 12.4. The number of nitro benzene ring substituents is 1. The van der Waals surface area contributed by atoms with Crippen LogP contribution in [-0.4, -0.2) is 10.2 Å². The Morgan fingerprint density at radius 1 is 1.40 bits per heavy atom. The van der Waals surface area contributed by atoms with E-state index >= 15 is 0 Å². The molecule has 5 heteroatoms. The van der Waals surface area contributed by atoms with E-state index in [-0.39, 0.29) is 10.6 Å². The highest BCUT2D eigenvalue weighted by Crippen LogP contribution is 2.35. The predicted octanol–water partition coefficient (Wildman–Crippen LogP) is 4.13. The molecule has 0 aliphatic heterocycles. The standard InChI is InChI=1S/C10H13NO2S2/c1-3-8(2)14-15-10-6-4-9(5-7-10)11(12)13/h4-8H,3H2,1-2H3. The van der Waals surface area contributed by atoms with Gasteiger partial charge in [-0.15, -0.1) is 0 Å². The van der Waals surface area contributed by atoms with Crippen LogP contribution in [0.25, 0.3) is 0 Å². The number of non-ortho nitro benzene ring substituents is 1. The molecule has 15 heavy (non-hydrogen) atoms. The number of benzene rings is 1. The molecule has 0 spiro atoms. The summed E-state index contributed by atoms with van der Waals surface area (Å²) in [6, 6.07) is 6.66. The van der Waals surface area contributed by atoms with Gasteiger partial charge in [0.2, 0.25) is 0 Å². The molecule has 0 fully saturated rings. The molecule has 0 saturated heterocycles. The van der Waals surface area contributed by atoms with Crippen LogP contribution in [0.1, 0.15) is 20.3 Å². The lowest BCUT2D eigenvalue weighted by Gasteiger charge is -2.06. The van der Waals surface area contributed by atoms with Gasteiger partial charge in [-0.1, -0.05) is 35.4 Å². The molecule has 1 rings (SSSR count). The monoisotopic (exact) mass is 243 g/mol. The molecule has 0 saturated carbocycles. The molecule has 3 nitrogen and oxygen atoms in total. The van der Waals surface area contributed by atoms with Crippen LogP contribution in [0.4, 0.5) is 5.69 Å². The highest BCUT2D eigenvalue weighted by atomic mass is 33.1. The van der Waals surface area contributed by atoms with Crippen molar-refractivity contribution in [3.8, 4) is 0 Å². The van der Waals surface area contributed by atoms with Gasteiger partial charge in [-0.2, -0.15) is 0 Å². The van der Waals surface area contributed by atoms with Gasteiger partial charge in [-0.25, -0.2) is 0 Å². The fourth-order valence-corrected chi connectivity index (χ4v) is 3.06. The number of rotatable bonds is 5. The molecular formula is C10H13NO2S2. The highest BCUT2D eigenvalue weighted by molar-refractivity contribution is 8.76. The zero-order valence-electron chi connectivity index (χ0n) is 8.67. The SMILES string of the molecule is CCC(C)SSc1ccc([N+](=O)[O-])cc1. The minimum absolute atomic E-state index is 0.146. The fraction of sp³-hybridized carbons (Fsp3) is 0.400. The lowest BCUT2D eigenvalue weighted by atomic mass is 10.3. The summed E-state index contributed by atoms with van der Waals surface area (Å²) in [6.45, 7) is 4.32. The van der Waals surface area contributed by atoms with Gasteiger partial charge in [-0.3, -0.25) is 10.1 Å². The minimum atomic E-state index is -0.379. The third kappa shape index (κ3) is 4.13. The second-order valence-electron chi connectivity index (χ2n) is 3.15. The molecule has 1 atom stereocenters. The second-order valence-corrected chi connectivity index (χ2v) is 5.86. The molecule has 0 aliphatic carbocycles. The van der Waals surface area contributed by atoms with Gasteiger partial charge in [0.1, 0.15) is 0 Å². The molecule has 0 amide bonds. The van der Waals surface area contributed by atoms with E-state index < -0.39 is 0 Å². The van der Waals surface area contributed by atoms with E-state index in [1.807, 2.05) is 0 Å². The average Bonchev–Trinajstić information content (AvgIpc) is 2.26. The number of nitro groups is 1. The Hall–Kier alpha value is -0.680. The molecule has 0 aliphatic rings. The Morgan fingerprint density at radius 2 is 2.00 bits per heavy atom. The van der Waals surface area contributed by atoms with Crippen molar-refractivity contribution in [2.45, 2.75) is 30.4 Å². The van der Waals surface area contributed by atoms with Gasteiger partial charge < -0.3 is 0 Å². The van der Waals surface area contributed by atoms with Gasteiger partial charge in [0.05, 0.1) is 4.92 Å². The Bertz CT molecular complexity index is 327. The zero-order chi connectivity index (χ0) is 11.3. The van der Waals surface area contributed by atoms with Crippen LogP contribution >= 0.6 is 21.6 Å². The van der Waals surface area contributed by atoms with Crippen LogP contribution in [-0.2, 0) is 0 Å². The van der Waals surface area contributed by atoms with E-state index in [0.29, 0.717) is 5.25 Å². The van der Waals surface area contributed by atoms with E-state index in [4.69, 9.17) is 0 Å². The topological polar surface area (TPSA) is 43.1 Å². The summed E-state index contributed by atoms with van der Waals surface area (Å²) in [4.78, 5) is 11.1. The average molecular weight is 243 g/mol. The van der Waals surface area contributed by atoms with Crippen molar-refractivity contribution in [3.05, 3.63) is 34.4 Å². The summed E-state index contributed by atoms with van der Waals surface area (Å²) in [7, 11) is 3.46. The quantitative estimate of drug-likeness (QED) is 0.443. The molecule has 0 aromatic heterocycles. The number of hydrogen-bond donors (Lipinski definition) is 0. The third-order valence-electron chi connectivity index (χ3n) is 1.93. The molecule has 1 aromatic rings. The van der Waals surface area contributed by atoms with Gasteiger partial charge in [-0.05, 0) is 18.6 Å². The molecular weight excluding hydrogens is 230 g/mol. The van der Waals surface area contributed by atoms with E-state index in [0.717, 1.165) is 11.3 Å². The summed E-state index contributed by atoms with van der Waals surface area (Å²) >= 11 is 0. The van der Waals surface area contributed by atoms with Gasteiger partial charge in [0.15, 0.2) is 0 Å². The van der Waals surface area contributed by atoms with E-state index in [1.54, 1.807) is 45.9 Å². The zero-order valence-corrected chi connectivity index (χ0v) is 10.3. The van der Waals surface area contributed by atoms with E-state index in [9.17, 15) is 10.1 Å². The molecule has 0 heterocycles. The summed E-state index contributed by atoms with van der Waals surface area (Å²) in [5.74, 6) is 0. The smallest absolute Gasteiger partial charge is 0.258 e. The molecule has 1 aromatic carbocycles. The minimum Gasteiger partial charge on any atom is -0.258 e. The predicted molar refractivity (Wildman–Crippen MR) is 66.3 cm³/mol. The van der Waals surface area contributed by atoms with Crippen molar-refractivity contribution in [1.82, 2.24) is 0 Å². The molecule has 0 bridgehead atoms. The van der Waals surface area contributed by atoms with Crippen molar-refractivity contribution < 1.29 is 4.92 Å². The second kappa shape index (κ2) is 6.02. The van der Waals surface area contributed by atoms with Crippen LogP contribution in [0.2, 0.25) is 0 Å². The highest BCUT2D eigenvalue weighted by Gasteiger charge is 2.05. The Morgan fingerprint density at radius 3 is 2.47 bits per heavy atom. The first-order valence-corrected chi connectivity index (χ1v) is 6.92. The van der Waals surface area contributed by atoms with Crippen LogP contribution in [0.15, 0.2) is 29.2 Å². The Balaban J connectivity index is 2.53. The number of nitrogens with zero attached hydrogens (tertiary/aromatic N) is 1. The van der Waals surface area contributed by atoms with Gasteiger partial charge >= 0.3 is 0 Å². The van der Waals surface area contributed by atoms with Crippen LogP contribution < -0.4 is 0 Å². The van der Waals surface area contributed by atoms with Crippen LogP contribution in [0, 0.1) is 10.1 Å². The lowest BCUT2D eigenvalue weighted by molar-refractivity contribution is -0.384. The molecule has 0 radical (unpaired) electrons. The first-order valence-electron chi connectivity index (χ1n) is 4.71. The van der Waals surface area contributed by atoms with E-state index in [1.165, 1.54) is 0 Å².